The fourth-order valence-corrected chi connectivity index (χ4v) is 2.68. The molecule has 3 nitrogen and oxygen atoms in total. The lowest BCUT2D eigenvalue weighted by molar-refractivity contribution is 0.605. The third-order valence-electron chi connectivity index (χ3n) is 2.61. The molecule has 0 amide bonds. The minimum Gasteiger partial charge on any atom is -0.306 e. The fourth-order valence-electron chi connectivity index (χ4n) is 1.72. The molecular formula is C13H16FN3S. The maximum Gasteiger partial charge on any atom is 0.191 e. The number of aromatic nitrogens is 3. The van der Waals surface area contributed by atoms with Gasteiger partial charge in [0.15, 0.2) is 5.16 Å². The first-order valence-electron chi connectivity index (χ1n) is 5.97. The van der Waals surface area contributed by atoms with E-state index in [0.717, 1.165) is 29.5 Å². The van der Waals surface area contributed by atoms with Gasteiger partial charge in [-0.05, 0) is 31.0 Å². The van der Waals surface area contributed by atoms with Crippen LogP contribution in [0.1, 0.15) is 24.7 Å². The normalized spacial score (nSPS) is 10.8. The van der Waals surface area contributed by atoms with Gasteiger partial charge in [0.25, 0.3) is 0 Å². The summed E-state index contributed by atoms with van der Waals surface area (Å²) in [6.45, 7) is 5.00. The van der Waals surface area contributed by atoms with E-state index in [2.05, 4.69) is 21.7 Å². The van der Waals surface area contributed by atoms with Gasteiger partial charge < -0.3 is 4.57 Å². The molecule has 0 bridgehead atoms. The van der Waals surface area contributed by atoms with Gasteiger partial charge in [0.1, 0.15) is 11.6 Å². The van der Waals surface area contributed by atoms with Crippen LogP contribution in [0.25, 0.3) is 0 Å². The number of thioether (sulfide) groups is 1. The summed E-state index contributed by atoms with van der Waals surface area (Å²) < 4.78 is 15.2. The Morgan fingerprint density at radius 3 is 2.89 bits per heavy atom. The number of nitrogens with zero attached hydrogens (tertiary/aromatic N) is 3. The van der Waals surface area contributed by atoms with E-state index >= 15 is 0 Å². The van der Waals surface area contributed by atoms with E-state index in [1.165, 1.54) is 6.07 Å². The number of hydrogen-bond acceptors (Lipinski definition) is 3. The SMILES string of the molecule is CCCn1c(C)nnc1SCc1cccc(F)c1. The summed E-state index contributed by atoms with van der Waals surface area (Å²) in [4.78, 5) is 0. The highest BCUT2D eigenvalue weighted by Crippen LogP contribution is 2.22. The third kappa shape index (κ3) is 3.10. The van der Waals surface area contributed by atoms with Crippen molar-refractivity contribution in [3.05, 3.63) is 41.5 Å². The first-order valence-corrected chi connectivity index (χ1v) is 6.96. The Bertz CT molecular complexity index is 525. The van der Waals surface area contributed by atoms with Crippen molar-refractivity contribution < 1.29 is 4.39 Å². The molecule has 2 aromatic rings. The zero-order chi connectivity index (χ0) is 13.0. The van der Waals surface area contributed by atoms with E-state index in [1.54, 1.807) is 23.9 Å². The monoisotopic (exact) mass is 265 g/mol. The van der Waals surface area contributed by atoms with Crippen LogP contribution >= 0.6 is 11.8 Å². The number of hydrogen-bond donors (Lipinski definition) is 0. The van der Waals surface area contributed by atoms with Crippen molar-refractivity contribution in [2.75, 3.05) is 0 Å². The predicted molar refractivity (Wildman–Crippen MR) is 71.0 cm³/mol. The Kier molecular flexibility index (Phi) is 4.36. The molecule has 0 saturated heterocycles. The van der Waals surface area contributed by atoms with Crippen LogP contribution < -0.4 is 0 Å². The topological polar surface area (TPSA) is 30.7 Å². The van der Waals surface area contributed by atoms with Gasteiger partial charge in [-0.25, -0.2) is 4.39 Å². The van der Waals surface area contributed by atoms with Crippen molar-refractivity contribution in [3.8, 4) is 0 Å². The van der Waals surface area contributed by atoms with Gasteiger partial charge in [-0.15, -0.1) is 10.2 Å². The zero-order valence-corrected chi connectivity index (χ0v) is 11.4. The second kappa shape index (κ2) is 6.00. The first-order chi connectivity index (χ1) is 8.70. The Hall–Kier alpha value is -1.36. The molecule has 0 aliphatic rings. The van der Waals surface area contributed by atoms with Crippen LogP contribution in [0.3, 0.4) is 0 Å². The lowest BCUT2D eigenvalue weighted by atomic mass is 10.2. The highest BCUT2D eigenvalue weighted by molar-refractivity contribution is 7.98. The van der Waals surface area contributed by atoms with Crippen molar-refractivity contribution in [3.63, 3.8) is 0 Å². The quantitative estimate of drug-likeness (QED) is 0.776. The molecule has 0 aliphatic heterocycles. The molecule has 0 N–H and O–H groups in total. The van der Waals surface area contributed by atoms with Gasteiger partial charge in [-0.1, -0.05) is 30.8 Å². The van der Waals surface area contributed by atoms with E-state index in [1.807, 2.05) is 13.0 Å². The molecule has 0 radical (unpaired) electrons. The van der Waals surface area contributed by atoms with Crippen molar-refractivity contribution in [2.24, 2.45) is 0 Å². The third-order valence-corrected chi connectivity index (χ3v) is 3.64. The van der Waals surface area contributed by atoms with E-state index in [4.69, 9.17) is 0 Å². The maximum absolute atomic E-state index is 13.1. The average molecular weight is 265 g/mol. The number of benzene rings is 1. The molecule has 0 fully saturated rings. The summed E-state index contributed by atoms with van der Waals surface area (Å²) in [7, 11) is 0. The summed E-state index contributed by atoms with van der Waals surface area (Å²) in [6, 6.07) is 6.66. The minimum absolute atomic E-state index is 0.195. The highest BCUT2D eigenvalue weighted by Gasteiger charge is 2.08. The van der Waals surface area contributed by atoms with E-state index in [9.17, 15) is 4.39 Å². The van der Waals surface area contributed by atoms with Crippen LogP contribution in [0.15, 0.2) is 29.4 Å². The largest absolute Gasteiger partial charge is 0.306 e. The van der Waals surface area contributed by atoms with E-state index in [0.29, 0.717) is 5.75 Å². The highest BCUT2D eigenvalue weighted by atomic mass is 32.2. The van der Waals surface area contributed by atoms with Crippen LogP contribution in [-0.2, 0) is 12.3 Å². The Balaban J connectivity index is 2.06. The Morgan fingerprint density at radius 1 is 1.33 bits per heavy atom. The van der Waals surface area contributed by atoms with Crippen molar-refractivity contribution in [1.82, 2.24) is 14.8 Å². The van der Waals surface area contributed by atoms with Gasteiger partial charge in [0.05, 0.1) is 0 Å². The second-order valence-corrected chi connectivity index (χ2v) is 5.04. The molecule has 18 heavy (non-hydrogen) atoms. The van der Waals surface area contributed by atoms with Crippen LogP contribution in [0.4, 0.5) is 4.39 Å². The standard InChI is InChI=1S/C13H16FN3S/c1-3-7-17-10(2)15-16-13(17)18-9-11-5-4-6-12(14)8-11/h4-6,8H,3,7,9H2,1-2H3. The van der Waals surface area contributed by atoms with Gasteiger partial charge in [0.2, 0.25) is 0 Å². The molecule has 1 aromatic heterocycles. The van der Waals surface area contributed by atoms with Gasteiger partial charge >= 0.3 is 0 Å². The molecule has 0 saturated carbocycles. The predicted octanol–water partition coefficient (Wildman–Crippen LogP) is 3.43. The summed E-state index contributed by atoms with van der Waals surface area (Å²) >= 11 is 1.59. The average Bonchev–Trinajstić information content (AvgIpc) is 2.69. The Labute approximate surface area is 110 Å². The lowest BCUT2D eigenvalue weighted by Crippen LogP contribution is -2.01. The second-order valence-electron chi connectivity index (χ2n) is 4.10. The molecule has 0 aliphatic carbocycles. The number of aryl methyl sites for hydroxylation is 1. The molecule has 0 spiro atoms. The number of rotatable bonds is 5. The zero-order valence-electron chi connectivity index (χ0n) is 10.6. The van der Waals surface area contributed by atoms with Crippen molar-refractivity contribution in [2.45, 2.75) is 37.7 Å². The van der Waals surface area contributed by atoms with Crippen molar-refractivity contribution in [1.29, 1.82) is 0 Å². The molecule has 96 valence electrons. The van der Waals surface area contributed by atoms with Crippen LogP contribution in [0.5, 0.6) is 0 Å². The lowest BCUT2D eigenvalue weighted by Gasteiger charge is -2.06. The van der Waals surface area contributed by atoms with Crippen LogP contribution in [0.2, 0.25) is 0 Å². The molecule has 1 aromatic carbocycles. The molecule has 5 heteroatoms. The summed E-state index contributed by atoms with van der Waals surface area (Å²) in [5, 5.41) is 9.14. The summed E-state index contributed by atoms with van der Waals surface area (Å²) in [5.74, 6) is 1.44. The van der Waals surface area contributed by atoms with Gasteiger partial charge in [-0.2, -0.15) is 0 Å². The summed E-state index contributed by atoms with van der Waals surface area (Å²) in [5.41, 5.74) is 0.962. The molecule has 0 atom stereocenters. The maximum atomic E-state index is 13.1. The van der Waals surface area contributed by atoms with Crippen LogP contribution in [-0.4, -0.2) is 14.8 Å². The first kappa shape index (κ1) is 13.1. The molecule has 2 rings (SSSR count). The molecule has 0 unspecified atom stereocenters. The van der Waals surface area contributed by atoms with Gasteiger partial charge in [-0.3, -0.25) is 0 Å². The van der Waals surface area contributed by atoms with E-state index < -0.39 is 0 Å². The summed E-state index contributed by atoms with van der Waals surface area (Å²) in [6.07, 6.45) is 1.05. The van der Waals surface area contributed by atoms with E-state index in [-0.39, 0.29) is 5.82 Å². The Morgan fingerprint density at radius 2 is 2.17 bits per heavy atom. The fraction of sp³-hybridized carbons (Fsp3) is 0.385. The van der Waals surface area contributed by atoms with Gasteiger partial charge in [0, 0.05) is 12.3 Å². The minimum atomic E-state index is -0.195. The number of halogens is 1. The molecular weight excluding hydrogens is 249 g/mol. The van der Waals surface area contributed by atoms with Crippen LogP contribution in [0, 0.1) is 12.7 Å². The smallest absolute Gasteiger partial charge is 0.191 e. The molecule has 1 heterocycles. The van der Waals surface area contributed by atoms with Crippen molar-refractivity contribution >= 4 is 11.8 Å².